The van der Waals surface area contributed by atoms with Crippen LogP contribution in [0.3, 0.4) is 0 Å². The van der Waals surface area contributed by atoms with Crippen LogP contribution in [0.4, 0.5) is 0 Å². The fourth-order valence-electron chi connectivity index (χ4n) is 0.969. The van der Waals surface area contributed by atoms with Crippen molar-refractivity contribution in [3.05, 3.63) is 29.3 Å². The van der Waals surface area contributed by atoms with Gasteiger partial charge in [-0.1, -0.05) is 24.0 Å². The number of nitrogens with zero attached hydrogens (tertiary/aromatic N) is 3. The van der Waals surface area contributed by atoms with Crippen LogP contribution in [0.25, 0.3) is 0 Å². The third-order valence-electron chi connectivity index (χ3n) is 1.80. The molecule has 0 aliphatic rings. The van der Waals surface area contributed by atoms with E-state index in [-0.39, 0.29) is 0 Å². The Balaban J connectivity index is 2.98. The van der Waals surface area contributed by atoms with Gasteiger partial charge in [0.1, 0.15) is 16.5 Å². The van der Waals surface area contributed by atoms with E-state index >= 15 is 0 Å². The molecule has 0 atom stereocenters. The quantitative estimate of drug-likeness (QED) is 0.563. The standard InChI is InChI=1S/C11H9N3S2/c1-14(2)11(15)16-10-4-3-8(6-12)9(5-10)7-13/h3-5H,1-2H3. The molecule has 1 rings (SSSR count). The van der Waals surface area contributed by atoms with E-state index < -0.39 is 0 Å². The molecule has 0 heterocycles. The number of thioether (sulfide) groups is 1. The smallest absolute Gasteiger partial charge is 0.140 e. The van der Waals surface area contributed by atoms with Gasteiger partial charge in [-0.15, -0.1) is 0 Å². The SMILES string of the molecule is CN(C)C(=S)Sc1ccc(C#N)c(C#N)c1. The van der Waals surface area contributed by atoms with Gasteiger partial charge in [-0.2, -0.15) is 10.5 Å². The van der Waals surface area contributed by atoms with E-state index in [1.807, 2.05) is 31.1 Å². The van der Waals surface area contributed by atoms with Crippen molar-refractivity contribution in [3.63, 3.8) is 0 Å². The molecule has 0 fully saturated rings. The van der Waals surface area contributed by atoms with Gasteiger partial charge in [0.2, 0.25) is 0 Å². The zero-order valence-corrected chi connectivity index (χ0v) is 10.5. The first-order valence-corrected chi connectivity index (χ1v) is 5.64. The van der Waals surface area contributed by atoms with Crippen LogP contribution in [0, 0.1) is 22.7 Å². The lowest BCUT2D eigenvalue weighted by Crippen LogP contribution is -2.15. The molecule has 0 saturated carbocycles. The Morgan fingerprint density at radius 1 is 1.25 bits per heavy atom. The summed E-state index contributed by atoms with van der Waals surface area (Å²) in [6.45, 7) is 0. The molecule has 0 bridgehead atoms. The molecule has 80 valence electrons. The summed E-state index contributed by atoms with van der Waals surface area (Å²) in [4.78, 5) is 2.69. The van der Waals surface area contributed by atoms with Gasteiger partial charge in [-0.25, -0.2) is 0 Å². The predicted molar refractivity (Wildman–Crippen MR) is 68.0 cm³/mol. The molecule has 0 radical (unpaired) electrons. The molecule has 0 spiro atoms. The maximum Gasteiger partial charge on any atom is 0.140 e. The van der Waals surface area contributed by atoms with Crippen molar-refractivity contribution in [1.29, 1.82) is 10.5 Å². The highest BCUT2D eigenvalue weighted by Gasteiger charge is 2.06. The molecule has 16 heavy (non-hydrogen) atoms. The second-order valence-corrected chi connectivity index (χ2v) is 4.90. The molecule has 0 unspecified atom stereocenters. The first-order valence-electron chi connectivity index (χ1n) is 4.42. The predicted octanol–water partition coefficient (Wildman–Crippen LogP) is 2.37. The molecule has 5 heteroatoms. The van der Waals surface area contributed by atoms with Crippen LogP contribution in [0.5, 0.6) is 0 Å². The van der Waals surface area contributed by atoms with Gasteiger partial charge < -0.3 is 4.90 Å². The molecule has 0 aromatic heterocycles. The van der Waals surface area contributed by atoms with Crippen molar-refractivity contribution in [2.45, 2.75) is 4.90 Å². The lowest BCUT2D eigenvalue weighted by molar-refractivity contribution is 0.648. The maximum absolute atomic E-state index is 8.86. The largest absolute Gasteiger partial charge is 0.363 e. The van der Waals surface area contributed by atoms with Crippen molar-refractivity contribution in [2.24, 2.45) is 0 Å². The highest BCUT2D eigenvalue weighted by atomic mass is 32.2. The molecular formula is C11H9N3S2. The summed E-state index contributed by atoms with van der Waals surface area (Å²) in [5.74, 6) is 0. The Hall–Kier alpha value is -1.56. The number of rotatable bonds is 1. The van der Waals surface area contributed by atoms with Crippen LogP contribution in [-0.4, -0.2) is 23.3 Å². The van der Waals surface area contributed by atoms with Crippen LogP contribution in [-0.2, 0) is 0 Å². The van der Waals surface area contributed by atoms with Crippen molar-refractivity contribution in [3.8, 4) is 12.1 Å². The summed E-state index contributed by atoms with van der Waals surface area (Å²) in [5, 5.41) is 17.6. The number of thiocarbonyl (C=S) groups is 1. The third-order valence-corrected chi connectivity index (χ3v) is 3.45. The second kappa shape index (κ2) is 5.50. The zero-order valence-electron chi connectivity index (χ0n) is 8.89. The average Bonchev–Trinajstić information content (AvgIpc) is 2.28. The van der Waals surface area contributed by atoms with E-state index in [2.05, 4.69) is 0 Å². The Kier molecular flexibility index (Phi) is 4.30. The Morgan fingerprint density at radius 3 is 2.38 bits per heavy atom. The Labute approximate surface area is 104 Å². The fourth-order valence-corrected chi connectivity index (χ4v) is 1.95. The highest BCUT2D eigenvalue weighted by molar-refractivity contribution is 8.22. The number of hydrogen-bond donors (Lipinski definition) is 0. The van der Waals surface area contributed by atoms with E-state index in [0.29, 0.717) is 15.4 Å². The number of hydrogen-bond acceptors (Lipinski definition) is 4. The van der Waals surface area contributed by atoms with E-state index in [4.69, 9.17) is 22.7 Å². The van der Waals surface area contributed by atoms with E-state index in [9.17, 15) is 0 Å². The summed E-state index contributed by atoms with van der Waals surface area (Å²) >= 11 is 6.54. The summed E-state index contributed by atoms with van der Waals surface area (Å²) < 4.78 is 0.716. The first kappa shape index (κ1) is 12.5. The van der Waals surface area contributed by atoms with Gasteiger partial charge >= 0.3 is 0 Å². The van der Waals surface area contributed by atoms with Crippen LogP contribution in [0.1, 0.15) is 11.1 Å². The minimum absolute atomic E-state index is 0.383. The molecular weight excluding hydrogens is 238 g/mol. The highest BCUT2D eigenvalue weighted by Crippen LogP contribution is 2.23. The summed E-state index contributed by atoms with van der Waals surface area (Å²) in [6.07, 6.45) is 0. The summed E-state index contributed by atoms with van der Waals surface area (Å²) in [5.41, 5.74) is 0.775. The van der Waals surface area contributed by atoms with Gasteiger partial charge in [-0.05, 0) is 18.2 Å². The van der Waals surface area contributed by atoms with Gasteiger partial charge in [0.05, 0.1) is 11.1 Å². The van der Waals surface area contributed by atoms with Crippen LogP contribution in [0.2, 0.25) is 0 Å². The molecule has 1 aromatic rings. The fraction of sp³-hybridized carbons (Fsp3) is 0.182. The van der Waals surface area contributed by atoms with Crippen LogP contribution >= 0.6 is 24.0 Å². The third kappa shape index (κ3) is 2.96. The second-order valence-electron chi connectivity index (χ2n) is 3.19. The minimum atomic E-state index is 0.383. The van der Waals surface area contributed by atoms with Gasteiger partial charge in [-0.3, -0.25) is 0 Å². The molecule has 0 N–H and O–H groups in total. The molecule has 1 aromatic carbocycles. The van der Waals surface area contributed by atoms with Gasteiger partial charge in [0.25, 0.3) is 0 Å². The number of nitriles is 2. The van der Waals surface area contributed by atoms with Crippen molar-refractivity contribution < 1.29 is 0 Å². The van der Waals surface area contributed by atoms with Crippen LogP contribution < -0.4 is 0 Å². The summed E-state index contributed by atoms with van der Waals surface area (Å²) in [6, 6.07) is 9.08. The van der Waals surface area contributed by atoms with Gasteiger partial charge in [0, 0.05) is 19.0 Å². The first-order chi connectivity index (χ1) is 7.58. The monoisotopic (exact) mass is 247 g/mol. The minimum Gasteiger partial charge on any atom is -0.363 e. The Morgan fingerprint density at radius 2 is 1.88 bits per heavy atom. The van der Waals surface area contributed by atoms with Crippen LogP contribution in [0.15, 0.2) is 23.1 Å². The maximum atomic E-state index is 8.86. The molecule has 0 saturated heterocycles. The topological polar surface area (TPSA) is 50.8 Å². The lowest BCUT2D eigenvalue weighted by Gasteiger charge is -2.12. The zero-order chi connectivity index (χ0) is 12.1. The molecule has 0 amide bonds. The lowest BCUT2D eigenvalue weighted by atomic mass is 10.1. The van der Waals surface area contributed by atoms with Gasteiger partial charge in [0.15, 0.2) is 0 Å². The molecule has 3 nitrogen and oxygen atoms in total. The van der Waals surface area contributed by atoms with Crippen molar-refractivity contribution >= 4 is 28.3 Å². The van der Waals surface area contributed by atoms with E-state index in [0.717, 1.165) is 4.90 Å². The van der Waals surface area contributed by atoms with Crippen molar-refractivity contribution in [2.75, 3.05) is 14.1 Å². The van der Waals surface area contributed by atoms with E-state index in [1.54, 1.807) is 18.2 Å². The van der Waals surface area contributed by atoms with E-state index in [1.165, 1.54) is 11.8 Å². The number of benzene rings is 1. The molecule has 0 aliphatic heterocycles. The summed E-state index contributed by atoms with van der Waals surface area (Å²) in [7, 11) is 3.73. The average molecular weight is 247 g/mol. The Bertz CT molecular complexity index is 495. The normalized spacial score (nSPS) is 9.00. The molecule has 0 aliphatic carbocycles. The van der Waals surface area contributed by atoms with Crippen molar-refractivity contribution in [1.82, 2.24) is 4.90 Å².